The molecule has 0 bridgehead atoms. The fraction of sp³-hybridized carbons (Fsp3) is 0.308. The summed E-state index contributed by atoms with van der Waals surface area (Å²) in [5.41, 5.74) is 4.32. The van der Waals surface area contributed by atoms with Gasteiger partial charge in [-0.3, -0.25) is 10.4 Å². The summed E-state index contributed by atoms with van der Waals surface area (Å²) in [5, 5.41) is 16.9. The molecule has 0 aliphatic rings. The molecule has 1 rings (SSSR count). The molecule has 1 aromatic carbocycles. The fourth-order valence-corrected chi connectivity index (χ4v) is 1.57. The minimum Gasteiger partial charge on any atom is -0.508 e. The lowest BCUT2D eigenvalue weighted by Crippen LogP contribution is -2.03. The van der Waals surface area contributed by atoms with Crippen LogP contribution in [0.15, 0.2) is 45.8 Å². The number of aliphatic imine (C=N–C) groups is 1. The number of nitrogens with one attached hydrogen (secondary N) is 1. The second-order valence-corrected chi connectivity index (χ2v) is 4.27. The van der Waals surface area contributed by atoms with E-state index in [-0.39, 0.29) is 5.75 Å². The molecule has 0 aromatic heterocycles. The standard InChI is InChI=1S/C13H17ClN4O/c1-10(17-18-15-2)4-3-7-16-9-11-5-6-12(19)8-13(11)14/h5-6,8-9,19H,1,3-4,7H2,2H3,(H,15,17). The van der Waals surface area contributed by atoms with E-state index in [9.17, 15) is 5.11 Å². The summed E-state index contributed by atoms with van der Waals surface area (Å²) < 4.78 is 0. The lowest BCUT2D eigenvalue weighted by molar-refractivity contribution is 0.475. The molecule has 0 fully saturated rings. The Hall–Kier alpha value is -1.88. The van der Waals surface area contributed by atoms with Gasteiger partial charge in [-0.1, -0.05) is 23.4 Å². The molecule has 5 nitrogen and oxygen atoms in total. The van der Waals surface area contributed by atoms with Crippen LogP contribution in [-0.4, -0.2) is 24.9 Å². The van der Waals surface area contributed by atoms with Crippen molar-refractivity contribution >= 4 is 17.8 Å². The number of phenols is 1. The van der Waals surface area contributed by atoms with Crippen molar-refractivity contribution in [3.63, 3.8) is 0 Å². The van der Waals surface area contributed by atoms with E-state index in [1.807, 2.05) is 0 Å². The van der Waals surface area contributed by atoms with Gasteiger partial charge in [0.05, 0.1) is 12.1 Å². The normalized spacial score (nSPS) is 11.3. The third-order valence-electron chi connectivity index (χ3n) is 2.29. The monoisotopic (exact) mass is 280 g/mol. The first-order chi connectivity index (χ1) is 9.13. The molecule has 102 valence electrons. The summed E-state index contributed by atoms with van der Waals surface area (Å²) in [6, 6.07) is 4.79. The average Bonchev–Trinajstić information content (AvgIpc) is 2.38. The Bertz CT molecular complexity index is 486. The lowest BCUT2D eigenvalue weighted by atomic mass is 10.2. The van der Waals surface area contributed by atoms with Crippen LogP contribution in [0.25, 0.3) is 0 Å². The molecule has 0 amide bonds. The molecule has 1 aromatic rings. The van der Waals surface area contributed by atoms with Crippen molar-refractivity contribution in [1.82, 2.24) is 5.43 Å². The number of hydrogen-bond donors (Lipinski definition) is 2. The maximum atomic E-state index is 9.22. The number of phenolic OH excluding ortho intramolecular Hbond substituents is 1. The summed E-state index contributed by atoms with van der Waals surface area (Å²) in [7, 11) is 1.59. The van der Waals surface area contributed by atoms with E-state index in [0.717, 1.165) is 24.1 Å². The van der Waals surface area contributed by atoms with Crippen molar-refractivity contribution in [3.8, 4) is 5.75 Å². The van der Waals surface area contributed by atoms with Crippen molar-refractivity contribution in [2.75, 3.05) is 13.6 Å². The van der Waals surface area contributed by atoms with Crippen LogP contribution in [0.4, 0.5) is 0 Å². The Morgan fingerprint density at radius 1 is 1.53 bits per heavy atom. The van der Waals surface area contributed by atoms with Crippen molar-refractivity contribution in [3.05, 3.63) is 41.1 Å². The van der Waals surface area contributed by atoms with Crippen LogP contribution in [-0.2, 0) is 0 Å². The third kappa shape index (κ3) is 6.01. The van der Waals surface area contributed by atoms with Crippen molar-refractivity contribution in [1.29, 1.82) is 0 Å². The number of rotatable bonds is 7. The molecule has 0 atom stereocenters. The first kappa shape index (κ1) is 15.2. The van der Waals surface area contributed by atoms with Gasteiger partial charge < -0.3 is 5.11 Å². The molecule has 0 heterocycles. The quantitative estimate of drug-likeness (QED) is 0.348. The van der Waals surface area contributed by atoms with Gasteiger partial charge in [0.15, 0.2) is 0 Å². The Morgan fingerprint density at radius 2 is 2.32 bits per heavy atom. The van der Waals surface area contributed by atoms with Crippen LogP contribution in [0.1, 0.15) is 18.4 Å². The summed E-state index contributed by atoms with van der Waals surface area (Å²) in [4.78, 5) is 4.27. The Labute approximate surface area is 117 Å². The first-order valence-corrected chi connectivity index (χ1v) is 6.22. The van der Waals surface area contributed by atoms with Gasteiger partial charge in [-0.2, -0.15) is 5.11 Å². The molecule has 0 radical (unpaired) electrons. The van der Waals surface area contributed by atoms with Crippen LogP contribution < -0.4 is 5.43 Å². The SMILES string of the molecule is C=C(CCCN=Cc1ccc(O)cc1Cl)NN=NC. The van der Waals surface area contributed by atoms with E-state index in [2.05, 4.69) is 27.3 Å². The van der Waals surface area contributed by atoms with Crippen molar-refractivity contribution in [2.45, 2.75) is 12.8 Å². The second kappa shape index (κ2) is 8.26. The zero-order valence-corrected chi connectivity index (χ0v) is 11.6. The smallest absolute Gasteiger partial charge is 0.117 e. The predicted octanol–water partition coefficient (Wildman–Crippen LogP) is 3.35. The molecule has 0 aliphatic heterocycles. The molecule has 0 aliphatic carbocycles. The third-order valence-corrected chi connectivity index (χ3v) is 2.62. The largest absolute Gasteiger partial charge is 0.508 e. The Morgan fingerprint density at radius 3 is 3.00 bits per heavy atom. The van der Waals surface area contributed by atoms with Crippen LogP contribution in [0.2, 0.25) is 5.02 Å². The summed E-state index contributed by atoms with van der Waals surface area (Å²) in [6.07, 6.45) is 3.33. The number of halogens is 1. The Balaban J connectivity index is 2.32. The van der Waals surface area contributed by atoms with E-state index in [0.29, 0.717) is 11.6 Å². The van der Waals surface area contributed by atoms with Crippen molar-refractivity contribution in [2.24, 2.45) is 15.3 Å². The maximum Gasteiger partial charge on any atom is 0.117 e. The highest BCUT2D eigenvalue weighted by molar-refractivity contribution is 6.33. The molecule has 19 heavy (non-hydrogen) atoms. The molecule has 0 spiro atoms. The number of hydrogen-bond acceptors (Lipinski definition) is 4. The highest BCUT2D eigenvalue weighted by Gasteiger charge is 1.98. The zero-order valence-electron chi connectivity index (χ0n) is 10.8. The molecular weight excluding hydrogens is 264 g/mol. The topological polar surface area (TPSA) is 69.3 Å². The average molecular weight is 281 g/mol. The maximum absolute atomic E-state index is 9.22. The highest BCUT2D eigenvalue weighted by Crippen LogP contribution is 2.19. The van der Waals surface area contributed by atoms with Gasteiger partial charge in [0.2, 0.25) is 0 Å². The minimum atomic E-state index is 0.148. The minimum absolute atomic E-state index is 0.148. The van der Waals surface area contributed by atoms with E-state index >= 15 is 0 Å². The first-order valence-electron chi connectivity index (χ1n) is 5.84. The number of nitrogens with zero attached hydrogens (tertiary/aromatic N) is 3. The van der Waals surface area contributed by atoms with E-state index in [1.165, 1.54) is 6.07 Å². The van der Waals surface area contributed by atoms with E-state index < -0.39 is 0 Å². The van der Waals surface area contributed by atoms with Crippen LogP contribution in [0.3, 0.4) is 0 Å². The Kier molecular flexibility index (Phi) is 6.60. The van der Waals surface area contributed by atoms with Gasteiger partial charge >= 0.3 is 0 Å². The van der Waals surface area contributed by atoms with Crippen LogP contribution in [0.5, 0.6) is 5.75 Å². The summed E-state index contributed by atoms with van der Waals surface area (Å²) in [5.74, 6) is 0.148. The highest BCUT2D eigenvalue weighted by atomic mass is 35.5. The molecule has 6 heteroatoms. The lowest BCUT2D eigenvalue weighted by Gasteiger charge is -2.01. The van der Waals surface area contributed by atoms with Gasteiger partial charge in [0.1, 0.15) is 5.75 Å². The van der Waals surface area contributed by atoms with Crippen molar-refractivity contribution < 1.29 is 5.11 Å². The molecular formula is C13H17ClN4O. The number of allylic oxidation sites excluding steroid dienone is 1. The predicted molar refractivity (Wildman–Crippen MR) is 77.9 cm³/mol. The molecule has 0 unspecified atom stereocenters. The number of benzene rings is 1. The van der Waals surface area contributed by atoms with Gasteiger partial charge in [0.25, 0.3) is 0 Å². The molecule has 2 N–H and O–H groups in total. The van der Waals surface area contributed by atoms with Gasteiger partial charge in [-0.25, -0.2) is 0 Å². The van der Waals surface area contributed by atoms with Crippen LogP contribution >= 0.6 is 11.6 Å². The number of aromatic hydroxyl groups is 1. The van der Waals surface area contributed by atoms with Gasteiger partial charge in [-0.15, -0.1) is 0 Å². The fourth-order valence-electron chi connectivity index (χ4n) is 1.34. The summed E-state index contributed by atoms with van der Waals surface area (Å²) >= 11 is 5.95. The van der Waals surface area contributed by atoms with Gasteiger partial charge in [-0.05, 0) is 31.0 Å². The van der Waals surface area contributed by atoms with Gasteiger partial charge in [0, 0.05) is 24.0 Å². The molecule has 0 saturated carbocycles. The van der Waals surface area contributed by atoms with E-state index in [1.54, 1.807) is 25.4 Å². The zero-order chi connectivity index (χ0) is 14.1. The summed E-state index contributed by atoms with van der Waals surface area (Å²) in [6.45, 7) is 4.47. The van der Waals surface area contributed by atoms with E-state index in [4.69, 9.17) is 11.6 Å². The molecule has 0 saturated heterocycles. The van der Waals surface area contributed by atoms with Crippen LogP contribution in [0, 0.1) is 0 Å². The second-order valence-electron chi connectivity index (χ2n) is 3.86.